The lowest BCUT2D eigenvalue weighted by molar-refractivity contribution is 0.282. The second-order valence-corrected chi connectivity index (χ2v) is 5.18. The summed E-state index contributed by atoms with van der Waals surface area (Å²) in [6, 6.07) is 5.85. The van der Waals surface area contributed by atoms with E-state index in [9.17, 15) is 0 Å². The first kappa shape index (κ1) is 9.54. The van der Waals surface area contributed by atoms with E-state index in [0.717, 1.165) is 16.6 Å². The molecule has 1 saturated carbocycles. The van der Waals surface area contributed by atoms with E-state index in [4.69, 9.17) is 15.1 Å². The number of aromatic nitrogens is 2. The fourth-order valence-corrected chi connectivity index (χ4v) is 3.30. The van der Waals surface area contributed by atoms with E-state index in [1.165, 1.54) is 30.7 Å². The predicted octanol–water partition coefficient (Wildman–Crippen LogP) is 2.49. The smallest absolute Gasteiger partial charge is 0.0894 e. The largest absolute Gasteiger partial charge is 0.392 e. The molecule has 0 saturated heterocycles. The molecule has 2 aliphatic rings. The Hall–Kier alpha value is -1.48. The fourth-order valence-electron chi connectivity index (χ4n) is 3.30. The number of aliphatic hydroxyl groups is 1. The summed E-state index contributed by atoms with van der Waals surface area (Å²) in [5.41, 5.74) is 5.28. The number of hydrogen-bond donors (Lipinski definition) is 1. The molecule has 0 unspecified atom stereocenters. The Labute approximate surface area is 99.5 Å². The van der Waals surface area contributed by atoms with Gasteiger partial charge >= 0.3 is 0 Å². The highest BCUT2D eigenvalue weighted by Crippen LogP contribution is 2.51. The van der Waals surface area contributed by atoms with Crippen LogP contribution in [0.25, 0.3) is 11.0 Å². The molecule has 1 aromatic heterocycles. The van der Waals surface area contributed by atoms with Gasteiger partial charge < -0.3 is 5.11 Å². The van der Waals surface area contributed by atoms with Crippen molar-refractivity contribution < 1.29 is 5.11 Å². The first-order valence-electron chi connectivity index (χ1n) is 6.26. The van der Waals surface area contributed by atoms with Gasteiger partial charge in [-0.3, -0.25) is 0 Å². The normalized spacial score (nSPS) is 25.5. The summed E-state index contributed by atoms with van der Waals surface area (Å²) < 4.78 is 0. The first-order valence-corrected chi connectivity index (χ1v) is 6.26. The van der Waals surface area contributed by atoms with E-state index >= 15 is 0 Å². The summed E-state index contributed by atoms with van der Waals surface area (Å²) in [5.74, 6) is 1.30. The SMILES string of the molecule is OCc1ccc2nc3c(nc2c1)[C@@H]1CC[C@@H]3C1. The van der Waals surface area contributed by atoms with Gasteiger partial charge in [0.1, 0.15) is 0 Å². The highest BCUT2D eigenvalue weighted by Gasteiger charge is 2.39. The van der Waals surface area contributed by atoms with Crippen molar-refractivity contribution in [1.82, 2.24) is 9.97 Å². The van der Waals surface area contributed by atoms with Crippen LogP contribution in [-0.2, 0) is 6.61 Å². The van der Waals surface area contributed by atoms with Crippen molar-refractivity contribution in [2.45, 2.75) is 37.7 Å². The summed E-state index contributed by atoms with van der Waals surface area (Å²) in [7, 11) is 0. The molecule has 3 heteroatoms. The van der Waals surface area contributed by atoms with Crippen molar-refractivity contribution in [2.75, 3.05) is 0 Å². The molecule has 4 rings (SSSR count). The maximum Gasteiger partial charge on any atom is 0.0894 e. The Morgan fingerprint density at radius 1 is 1.06 bits per heavy atom. The summed E-state index contributed by atoms with van der Waals surface area (Å²) in [4.78, 5) is 9.54. The quantitative estimate of drug-likeness (QED) is 0.812. The zero-order valence-electron chi connectivity index (χ0n) is 9.56. The molecule has 0 amide bonds. The van der Waals surface area contributed by atoms with E-state index in [2.05, 4.69) is 0 Å². The Kier molecular flexibility index (Phi) is 1.83. The lowest BCUT2D eigenvalue weighted by Crippen LogP contribution is -2.04. The minimum Gasteiger partial charge on any atom is -0.392 e. The van der Waals surface area contributed by atoms with Gasteiger partial charge in [0.05, 0.1) is 29.0 Å². The highest BCUT2D eigenvalue weighted by atomic mass is 16.3. The van der Waals surface area contributed by atoms with Crippen LogP contribution in [0.1, 0.15) is 48.0 Å². The number of fused-ring (bicyclic) bond motifs is 6. The van der Waals surface area contributed by atoms with Crippen LogP contribution in [0.4, 0.5) is 0 Å². The molecule has 2 atom stereocenters. The molecule has 1 fully saturated rings. The highest BCUT2D eigenvalue weighted by molar-refractivity contribution is 5.75. The predicted molar refractivity (Wildman–Crippen MR) is 64.8 cm³/mol. The third kappa shape index (κ3) is 1.26. The molecule has 2 bridgehead atoms. The van der Waals surface area contributed by atoms with Gasteiger partial charge in [-0.05, 0) is 37.0 Å². The third-order valence-corrected chi connectivity index (χ3v) is 4.17. The van der Waals surface area contributed by atoms with Gasteiger partial charge in [-0.25, -0.2) is 9.97 Å². The maximum absolute atomic E-state index is 9.15. The average Bonchev–Trinajstić information content (AvgIpc) is 2.97. The van der Waals surface area contributed by atoms with Crippen LogP contribution in [0, 0.1) is 0 Å². The molecule has 2 aromatic rings. The summed E-state index contributed by atoms with van der Waals surface area (Å²) >= 11 is 0. The van der Waals surface area contributed by atoms with Crippen molar-refractivity contribution in [3.05, 3.63) is 35.2 Å². The Balaban J connectivity index is 1.97. The van der Waals surface area contributed by atoms with Gasteiger partial charge in [0.25, 0.3) is 0 Å². The lowest BCUT2D eigenvalue weighted by atomic mass is 10.00. The molecular weight excluding hydrogens is 212 g/mol. The Morgan fingerprint density at radius 3 is 2.47 bits per heavy atom. The van der Waals surface area contributed by atoms with E-state index in [-0.39, 0.29) is 6.61 Å². The van der Waals surface area contributed by atoms with Crippen LogP contribution in [0.5, 0.6) is 0 Å². The zero-order chi connectivity index (χ0) is 11.4. The monoisotopic (exact) mass is 226 g/mol. The number of aliphatic hydroxyl groups excluding tert-OH is 1. The van der Waals surface area contributed by atoms with Crippen molar-refractivity contribution in [2.24, 2.45) is 0 Å². The zero-order valence-corrected chi connectivity index (χ0v) is 9.56. The molecule has 86 valence electrons. The summed E-state index contributed by atoms with van der Waals surface area (Å²) in [6.07, 6.45) is 3.81. The van der Waals surface area contributed by atoms with Crippen LogP contribution in [-0.4, -0.2) is 15.1 Å². The summed E-state index contributed by atoms with van der Waals surface area (Å²) in [6.45, 7) is 0.0702. The standard InChI is InChI=1S/C14H14N2O/c17-7-8-1-4-11-12(5-8)16-14-10-3-2-9(6-10)13(14)15-11/h1,4-5,9-10,17H,2-3,6-7H2/t9-,10-/m1/s1. The number of nitrogens with zero attached hydrogens (tertiary/aromatic N) is 2. The molecule has 17 heavy (non-hydrogen) atoms. The molecule has 2 aliphatic carbocycles. The van der Waals surface area contributed by atoms with Crippen LogP contribution in [0.2, 0.25) is 0 Å². The van der Waals surface area contributed by atoms with E-state index in [0.29, 0.717) is 11.8 Å². The molecule has 0 radical (unpaired) electrons. The fraction of sp³-hybridized carbons (Fsp3) is 0.429. The topological polar surface area (TPSA) is 46.0 Å². The van der Waals surface area contributed by atoms with Crippen LogP contribution >= 0.6 is 0 Å². The van der Waals surface area contributed by atoms with E-state index < -0.39 is 0 Å². The number of benzene rings is 1. The van der Waals surface area contributed by atoms with Gasteiger partial charge in [0.2, 0.25) is 0 Å². The van der Waals surface area contributed by atoms with Gasteiger partial charge in [0.15, 0.2) is 0 Å². The number of hydrogen-bond acceptors (Lipinski definition) is 3. The molecule has 1 N–H and O–H groups in total. The van der Waals surface area contributed by atoms with E-state index in [1.807, 2.05) is 18.2 Å². The molecule has 1 aromatic carbocycles. The van der Waals surface area contributed by atoms with Crippen LogP contribution < -0.4 is 0 Å². The second-order valence-electron chi connectivity index (χ2n) is 5.18. The minimum absolute atomic E-state index is 0.0702. The van der Waals surface area contributed by atoms with Crippen molar-refractivity contribution in [3.63, 3.8) is 0 Å². The minimum atomic E-state index is 0.0702. The van der Waals surface area contributed by atoms with Crippen molar-refractivity contribution in [3.8, 4) is 0 Å². The lowest BCUT2D eigenvalue weighted by Gasteiger charge is -2.13. The Bertz CT molecular complexity index is 608. The molecule has 1 heterocycles. The van der Waals surface area contributed by atoms with E-state index in [1.54, 1.807) is 0 Å². The molecule has 0 spiro atoms. The first-order chi connectivity index (χ1) is 8.35. The Morgan fingerprint density at radius 2 is 1.76 bits per heavy atom. The van der Waals surface area contributed by atoms with Crippen molar-refractivity contribution >= 4 is 11.0 Å². The van der Waals surface area contributed by atoms with Crippen LogP contribution in [0.15, 0.2) is 18.2 Å². The average molecular weight is 226 g/mol. The molecular formula is C14H14N2O. The molecule has 0 aliphatic heterocycles. The second kappa shape index (κ2) is 3.26. The number of rotatable bonds is 1. The van der Waals surface area contributed by atoms with Gasteiger partial charge in [0, 0.05) is 11.8 Å². The van der Waals surface area contributed by atoms with Crippen molar-refractivity contribution in [1.29, 1.82) is 0 Å². The van der Waals surface area contributed by atoms with Crippen LogP contribution in [0.3, 0.4) is 0 Å². The van der Waals surface area contributed by atoms with Gasteiger partial charge in [-0.1, -0.05) is 6.07 Å². The van der Waals surface area contributed by atoms with Gasteiger partial charge in [-0.15, -0.1) is 0 Å². The maximum atomic E-state index is 9.15. The summed E-state index contributed by atoms with van der Waals surface area (Å²) in [5, 5.41) is 9.15. The molecule has 3 nitrogen and oxygen atoms in total. The third-order valence-electron chi connectivity index (χ3n) is 4.17. The van der Waals surface area contributed by atoms with Gasteiger partial charge in [-0.2, -0.15) is 0 Å².